The van der Waals surface area contributed by atoms with Crippen molar-refractivity contribution in [3.63, 3.8) is 0 Å². The predicted molar refractivity (Wildman–Crippen MR) is 84.1 cm³/mol. The van der Waals surface area contributed by atoms with Crippen molar-refractivity contribution in [3.8, 4) is 17.6 Å². The lowest BCUT2D eigenvalue weighted by Crippen LogP contribution is -2.44. The summed E-state index contributed by atoms with van der Waals surface area (Å²) in [4.78, 5) is 11.1. The van der Waals surface area contributed by atoms with Crippen LogP contribution in [-0.4, -0.2) is 23.3 Å². The number of nitrogens with one attached hydrogen (secondary N) is 3. The van der Waals surface area contributed by atoms with Crippen molar-refractivity contribution in [2.45, 2.75) is 12.3 Å². The van der Waals surface area contributed by atoms with E-state index in [1.807, 2.05) is 30.3 Å². The Hall–Kier alpha value is -2.92. The van der Waals surface area contributed by atoms with Gasteiger partial charge in [-0.3, -0.25) is 4.79 Å². The molecule has 1 aliphatic heterocycles. The Morgan fingerprint density at radius 2 is 1.83 bits per heavy atom. The summed E-state index contributed by atoms with van der Waals surface area (Å²) in [5.74, 6) is 4.08. The van der Waals surface area contributed by atoms with E-state index in [1.54, 1.807) is 0 Å². The van der Waals surface area contributed by atoms with Gasteiger partial charge in [0.15, 0.2) is 23.8 Å². The van der Waals surface area contributed by atoms with Crippen LogP contribution in [-0.2, 0) is 4.79 Å². The smallest absolute Gasteiger partial charge is 0.327 e. The second-order valence-electron chi connectivity index (χ2n) is 5.03. The Bertz CT molecular complexity index is 802. The molecule has 0 radical (unpaired) electrons. The molecule has 1 fully saturated rings. The fourth-order valence-electron chi connectivity index (χ4n) is 2.11. The number of hydrogen-bond acceptors (Lipinski definition) is 5. The van der Waals surface area contributed by atoms with Gasteiger partial charge in [-0.15, -0.1) is 0 Å². The first-order valence-electron chi connectivity index (χ1n) is 7.15. The first kappa shape index (κ1) is 16.0. The number of hydrogen-bond donors (Lipinski definition) is 4. The van der Waals surface area contributed by atoms with E-state index >= 15 is 0 Å². The van der Waals surface area contributed by atoms with Crippen LogP contribution in [0.4, 0.5) is 4.39 Å². The minimum atomic E-state index is -1.13. The molecule has 122 valence electrons. The second kappa shape index (κ2) is 7.10. The standard InChI is InChI=1S/C17H14FN3O3/c18-13-9-8-12(7-6-11-4-2-1-3-5-11)10-14(13)24-16-15(17(22)23)19-21-20-16/h1-5,8-10,15-16,19-21H,(H,22,23). The van der Waals surface area contributed by atoms with Gasteiger partial charge in [0, 0.05) is 11.1 Å². The van der Waals surface area contributed by atoms with Gasteiger partial charge in [0.1, 0.15) is 0 Å². The van der Waals surface area contributed by atoms with Gasteiger partial charge >= 0.3 is 5.97 Å². The highest BCUT2D eigenvalue weighted by molar-refractivity contribution is 5.74. The lowest BCUT2D eigenvalue weighted by molar-refractivity contribution is -0.141. The van der Waals surface area contributed by atoms with E-state index in [-0.39, 0.29) is 5.75 Å². The largest absolute Gasteiger partial charge is 0.480 e. The number of ether oxygens (including phenoxy) is 1. The number of carboxylic acid groups (broad SMARTS) is 1. The summed E-state index contributed by atoms with van der Waals surface area (Å²) in [5, 5.41) is 9.06. The van der Waals surface area contributed by atoms with Crippen molar-refractivity contribution in [2.24, 2.45) is 0 Å². The van der Waals surface area contributed by atoms with Gasteiger partial charge in [0.25, 0.3) is 0 Å². The maximum Gasteiger partial charge on any atom is 0.327 e. The SMILES string of the molecule is O=C(O)C1NNNC1Oc1cc(C#Cc2ccccc2)ccc1F. The van der Waals surface area contributed by atoms with Crippen LogP contribution in [0, 0.1) is 17.7 Å². The van der Waals surface area contributed by atoms with Gasteiger partial charge in [0.2, 0.25) is 0 Å². The van der Waals surface area contributed by atoms with E-state index in [0.717, 1.165) is 5.56 Å². The first-order chi connectivity index (χ1) is 11.6. The summed E-state index contributed by atoms with van der Waals surface area (Å²) in [6, 6.07) is 12.5. The third-order valence-corrected chi connectivity index (χ3v) is 3.32. The zero-order valence-corrected chi connectivity index (χ0v) is 12.4. The minimum absolute atomic E-state index is 0.0795. The van der Waals surface area contributed by atoms with Crippen molar-refractivity contribution in [1.29, 1.82) is 0 Å². The van der Waals surface area contributed by atoms with Gasteiger partial charge in [-0.05, 0) is 30.3 Å². The van der Waals surface area contributed by atoms with E-state index < -0.39 is 24.1 Å². The first-order valence-corrected chi connectivity index (χ1v) is 7.15. The van der Waals surface area contributed by atoms with Crippen molar-refractivity contribution >= 4 is 5.97 Å². The molecule has 1 aliphatic rings. The summed E-state index contributed by atoms with van der Waals surface area (Å²) < 4.78 is 19.3. The Kier molecular flexibility index (Phi) is 4.72. The Balaban J connectivity index is 1.80. The normalized spacial score (nSPS) is 19.4. The summed E-state index contributed by atoms with van der Waals surface area (Å²) in [7, 11) is 0. The minimum Gasteiger partial charge on any atom is -0.480 e. The fraction of sp³-hybridized carbons (Fsp3) is 0.118. The zero-order valence-electron chi connectivity index (χ0n) is 12.4. The molecule has 0 aliphatic carbocycles. The van der Waals surface area contributed by atoms with Crippen LogP contribution >= 0.6 is 0 Å². The maximum absolute atomic E-state index is 13.9. The Morgan fingerprint density at radius 1 is 1.08 bits per heavy atom. The molecule has 2 unspecified atom stereocenters. The molecule has 6 nitrogen and oxygen atoms in total. The van der Waals surface area contributed by atoms with Crippen molar-refractivity contribution in [2.75, 3.05) is 0 Å². The molecule has 24 heavy (non-hydrogen) atoms. The third kappa shape index (κ3) is 3.70. The summed E-state index contributed by atoms with van der Waals surface area (Å²) in [6.07, 6.45) is -0.964. The zero-order chi connectivity index (χ0) is 16.9. The molecule has 3 rings (SSSR count). The van der Waals surface area contributed by atoms with E-state index in [1.165, 1.54) is 18.2 Å². The number of rotatable bonds is 3. The van der Waals surface area contributed by atoms with Crippen LogP contribution in [0.2, 0.25) is 0 Å². The monoisotopic (exact) mass is 327 g/mol. The van der Waals surface area contributed by atoms with Gasteiger partial charge in [-0.1, -0.05) is 30.0 Å². The molecule has 1 saturated heterocycles. The van der Waals surface area contributed by atoms with Crippen LogP contribution in [0.3, 0.4) is 0 Å². The molecule has 0 aromatic heterocycles. The number of hydrazine groups is 2. The lowest BCUT2D eigenvalue weighted by Gasteiger charge is -2.17. The molecule has 2 aromatic carbocycles. The molecule has 0 bridgehead atoms. The molecule has 7 heteroatoms. The van der Waals surface area contributed by atoms with Crippen molar-refractivity contribution in [1.82, 2.24) is 16.4 Å². The maximum atomic E-state index is 13.9. The van der Waals surface area contributed by atoms with Gasteiger partial charge in [-0.2, -0.15) is 5.53 Å². The quantitative estimate of drug-likeness (QED) is 0.630. The molecular weight excluding hydrogens is 313 g/mol. The molecule has 2 aromatic rings. The van der Waals surface area contributed by atoms with E-state index in [4.69, 9.17) is 9.84 Å². The number of carbonyl (C=O) groups is 1. The van der Waals surface area contributed by atoms with Crippen LogP contribution in [0.15, 0.2) is 48.5 Å². The fourth-order valence-corrected chi connectivity index (χ4v) is 2.11. The predicted octanol–water partition coefficient (Wildman–Crippen LogP) is 0.996. The average Bonchev–Trinajstić information content (AvgIpc) is 3.05. The van der Waals surface area contributed by atoms with Crippen LogP contribution < -0.4 is 21.1 Å². The van der Waals surface area contributed by atoms with Crippen LogP contribution in [0.1, 0.15) is 11.1 Å². The Labute approximate surface area is 137 Å². The Morgan fingerprint density at radius 3 is 2.58 bits per heavy atom. The molecule has 0 amide bonds. The summed E-state index contributed by atoms with van der Waals surface area (Å²) in [6.45, 7) is 0. The molecule has 0 saturated carbocycles. The average molecular weight is 327 g/mol. The van der Waals surface area contributed by atoms with E-state index in [2.05, 4.69) is 28.2 Å². The van der Waals surface area contributed by atoms with Crippen LogP contribution in [0.5, 0.6) is 5.75 Å². The van der Waals surface area contributed by atoms with E-state index in [9.17, 15) is 9.18 Å². The second-order valence-corrected chi connectivity index (χ2v) is 5.03. The van der Waals surface area contributed by atoms with E-state index in [0.29, 0.717) is 5.56 Å². The topological polar surface area (TPSA) is 82.6 Å². The van der Waals surface area contributed by atoms with Crippen molar-refractivity contribution in [3.05, 3.63) is 65.5 Å². The molecule has 1 heterocycles. The number of benzene rings is 2. The highest BCUT2D eigenvalue weighted by Gasteiger charge is 2.34. The lowest BCUT2D eigenvalue weighted by atomic mass is 10.1. The van der Waals surface area contributed by atoms with Crippen LogP contribution in [0.25, 0.3) is 0 Å². The number of halogens is 1. The summed E-state index contributed by atoms with van der Waals surface area (Å²) >= 11 is 0. The molecular formula is C17H14FN3O3. The van der Waals surface area contributed by atoms with Gasteiger partial charge < -0.3 is 9.84 Å². The molecule has 0 spiro atoms. The number of carboxylic acids is 1. The molecule has 4 N–H and O–H groups in total. The summed E-state index contributed by atoms with van der Waals surface area (Å²) in [5.41, 5.74) is 8.88. The van der Waals surface area contributed by atoms with Crippen molar-refractivity contribution < 1.29 is 19.0 Å². The highest BCUT2D eigenvalue weighted by Crippen LogP contribution is 2.20. The molecule has 2 atom stereocenters. The van der Waals surface area contributed by atoms with Gasteiger partial charge in [0.05, 0.1) is 0 Å². The highest BCUT2D eigenvalue weighted by atomic mass is 19.1. The number of aliphatic carboxylic acids is 1. The third-order valence-electron chi connectivity index (χ3n) is 3.32. The van der Waals surface area contributed by atoms with Gasteiger partial charge in [-0.25, -0.2) is 15.2 Å².